The van der Waals surface area contributed by atoms with Gasteiger partial charge in [0.2, 0.25) is 0 Å². The van der Waals surface area contributed by atoms with Crippen LogP contribution in [0.4, 0.5) is 0 Å². The zero-order valence-electron chi connectivity index (χ0n) is 12.5. The lowest BCUT2D eigenvalue weighted by Gasteiger charge is -2.21. The van der Waals surface area contributed by atoms with Crippen LogP contribution in [0, 0.1) is 12.8 Å². The highest BCUT2D eigenvalue weighted by Gasteiger charge is 2.12. The average molecular weight is 247 g/mol. The van der Waals surface area contributed by atoms with E-state index in [-0.39, 0.29) is 0 Å². The zero-order valence-corrected chi connectivity index (χ0v) is 12.5. The van der Waals surface area contributed by atoms with Crippen molar-refractivity contribution in [3.8, 4) is 0 Å². The van der Waals surface area contributed by atoms with E-state index in [2.05, 4.69) is 57.4 Å². The van der Waals surface area contributed by atoms with Gasteiger partial charge in [0.1, 0.15) is 0 Å². The molecule has 1 atom stereocenters. The van der Waals surface area contributed by atoms with Crippen molar-refractivity contribution in [3.63, 3.8) is 0 Å². The summed E-state index contributed by atoms with van der Waals surface area (Å²) >= 11 is 0. The van der Waals surface area contributed by atoms with Gasteiger partial charge in [0.15, 0.2) is 0 Å². The first kappa shape index (κ1) is 15.2. The molecule has 1 heteroatoms. The van der Waals surface area contributed by atoms with Crippen LogP contribution < -0.4 is 5.32 Å². The molecule has 0 heterocycles. The first-order chi connectivity index (χ1) is 8.71. The van der Waals surface area contributed by atoms with E-state index in [9.17, 15) is 0 Å². The number of hydrogen-bond acceptors (Lipinski definition) is 1. The summed E-state index contributed by atoms with van der Waals surface area (Å²) in [5.41, 5.74) is 2.93. The number of nitrogens with one attached hydrogen (secondary N) is 1. The Bertz CT molecular complexity index is 328. The standard InChI is InChI=1S/C17H29N/c1-5-15(6-2)13-17(18-4)12-11-16-10-8-7-9-14(16)3/h7-10,15,17-18H,5-6,11-13H2,1-4H3. The molecule has 0 spiro atoms. The molecule has 0 aliphatic rings. The summed E-state index contributed by atoms with van der Waals surface area (Å²) in [5, 5.41) is 3.49. The third-order valence-electron chi connectivity index (χ3n) is 4.20. The van der Waals surface area contributed by atoms with E-state index in [1.54, 1.807) is 0 Å². The zero-order chi connectivity index (χ0) is 13.4. The molecule has 1 unspecified atom stereocenters. The molecule has 1 rings (SSSR count). The topological polar surface area (TPSA) is 12.0 Å². The molecule has 0 amide bonds. The van der Waals surface area contributed by atoms with Gasteiger partial charge in [-0.2, -0.15) is 0 Å². The molecular weight excluding hydrogens is 218 g/mol. The van der Waals surface area contributed by atoms with Crippen LogP contribution >= 0.6 is 0 Å². The van der Waals surface area contributed by atoms with Crippen LogP contribution in [0.1, 0.15) is 50.7 Å². The van der Waals surface area contributed by atoms with Gasteiger partial charge in [-0.15, -0.1) is 0 Å². The highest BCUT2D eigenvalue weighted by Crippen LogP contribution is 2.18. The van der Waals surface area contributed by atoms with Crippen molar-refractivity contribution in [2.75, 3.05) is 7.05 Å². The Morgan fingerprint density at radius 3 is 2.33 bits per heavy atom. The number of hydrogen-bond donors (Lipinski definition) is 1. The van der Waals surface area contributed by atoms with Crippen molar-refractivity contribution in [2.24, 2.45) is 5.92 Å². The molecular formula is C17H29N. The van der Waals surface area contributed by atoms with E-state index >= 15 is 0 Å². The molecule has 1 aromatic carbocycles. The lowest BCUT2D eigenvalue weighted by atomic mass is 9.91. The summed E-state index contributed by atoms with van der Waals surface area (Å²) in [6.45, 7) is 6.83. The molecule has 1 nitrogen and oxygen atoms in total. The van der Waals surface area contributed by atoms with Gasteiger partial charge in [-0.1, -0.05) is 51.0 Å². The van der Waals surface area contributed by atoms with Crippen LogP contribution in [-0.4, -0.2) is 13.1 Å². The predicted molar refractivity (Wildman–Crippen MR) is 81.0 cm³/mol. The van der Waals surface area contributed by atoms with Gasteiger partial charge in [-0.05, 0) is 50.3 Å². The van der Waals surface area contributed by atoms with Gasteiger partial charge >= 0.3 is 0 Å². The van der Waals surface area contributed by atoms with Crippen molar-refractivity contribution >= 4 is 0 Å². The monoisotopic (exact) mass is 247 g/mol. The second-order valence-electron chi connectivity index (χ2n) is 5.37. The summed E-state index contributed by atoms with van der Waals surface area (Å²) < 4.78 is 0. The fraction of sp³-hybridized carbons (Fsp3) is 0.647. The normalized spacial score (nSPS) is 12.9. The molecule has 0 aromatic heterocycles. The molecule has 1 aromatic rings. The minimum atomic E-state index is 0.662. The molecule has 0 saturated carbocycles. The molecule has 0 fully saturated rings. The second-order valence-corrected chi connectivity index (χ2v) is 5.37. The lowest BCUT2D eigenvalue weighted by Crippen LogP contribution is -2.28. The van der Waals surface area contributed by atoms with Gasteiger partial charge in [0, 0.05) is 6.04 Å². The predicted octanol–water partition coefficient (Wildman–Crippen LogP) is 4.34. The molecule has 0 radical (unpaired) electrons. The maximum atomic E-state index is 3.49. The molecule has 102 valence electrons. The fourth-order valence-corrected chi connectivity index (χ4v) is 2.62. The Kier molecular flexibility index (Phi) is 7.04. The SMILES string of the molecule is CCC(CC)CC(CCc1ccccc1C)NC. The summed E-state index contributed by atoms with van der Waals surface area (Å²) in [5.74, 6) is 0.874. The van der Waals surface area contributed by atoms with Crippen molar-refractivity contribution < 1.29 is 0 Å². The Morgan fingerprint density at radius 2 is 1.78 bits per heavy atom. The Morgan fingerprint density at radius 1 is 1.11 bits per heavy atom. The summed E-state index contributed by atoms with van der Waals surface area (Å²) in [6.07, 6.45) is 6.36. The number of benzene rings is 1. The van der Waals surface area contributed by atoms with Crippen LogP contribution in [0.25, 0.3) is 0 Å². The van der Waals surface area contributed by atoms with Crippen LogP contribution in [0.15, 0.2) is 24.3 Å². The van der Waals surface area contributed by atoms with Crippen LogP contribution in [0.3, 0.4) is 0 Å². The Balaban J connectivity index is 2.47. The van der Waals surface area contributed by atoms with Gasteiger partial charge in [0.25, 0.3) is 0 Å². The summed E-state index contributed by atoms with van der Waals surface area (Å²) in [4.78, 5) is 0. The maximum absolute atomic E-state index is 3.49. The van der Waals surface area contributed by atoms with Crippen molar-refractivity contribution in [1.29, 1.82) is 0 Å². The van der Waals surface area contributed by atoms with Gasteiger partial charge in [-0.25, -0.2) is 0 Å². The molecule has 1 N–H and O–H groups in total. The third kappa shape index (κ3) is 4.81. The van der Waals surface area contributed by atoms with Gasteiger partial charge in [-0.3, -0.25) is 0 Å². The average Bonchev–Trinajstić information content (AvgIpc) is 2.41. The van der Waals surface area contributed by atoms with E-state index in [1.807, 2.05) is 0 Å². The van der Waals surface area contributed by atoms with Crippen molar-refractivity contribution in [1.82, 2.24) is 5.32 Å². The minimum Gasteiger partial charge on any atom is -0.317 e. The molecule has 18 heavy (non-hydrogen) atoms. The van der Waals surface area contributed by atoms with E-state index in [4.69, 9.17) is 0 Å². The van der Waals surface area contributed by atoms with E-state index in [0.717, 1.165) is 5.92 Å². The smallest absolute Gasteiger partial charge is 0.00698 e. The molecule has 0 saturated heterocycles. The van der Waals surface area contributed by atoms with Crippen LogP contribution in [-0.2, 0) is 6.42 Å². The second kappa shape index (κ2) is 8.31. The Hall–Kier alpha value is -0.820. The first-order valence-corrected chi connectivity index (χ1v) is 7.43. The highest BCUT2D eigenvalue weighted by atomic mass is 14.9. The molecule has 0 bridgehead atoms. The van der Waals surface area contributed by atoms with E-state index < -0.39 is 0 Å². The Labute approximate surface area is 113 Å². The summed E-state index contributed by atoms with van der Waals surface area (Å²) in [7, 11) is 2.10. The maximum Gasteiger partial charge on any atom is 0.00698 e. The largest absolute Gasteiger partial charge is 0.317 e. The van der Waals surface area contributed by atoms with E-state index in [1.165, 1.54) is 43.2 Å². The van der Waals surface area contributed by atoms with Gasteiger partial charge in [0.05, 0.1) is 0 Å². The van der Waals surface area contributed by atoms with Crippen molar-refractivity contribution in [2.45, 2.75) is 58.9 Å². The highest BCUT2D eigenvalue weighted by molar-refractivity contribution is 5.25. The van der Waals surface area contributed by atoms with E-state index in [0.29, 0.717) is 6.04 Å². The number of aryl methyl sites for hydroxylation is 2. The number of rotatable bonds is 8. The van der Waals surface area contributed by atoms with Gasteiger partial charge < -0.3 is 5.32 Å². The minimum absolute atomic E-state index is 0.662. The molecule has 0 aliphatic heterocycles. The third-order valence-corrected chi connectivity index (χ3v) is 4.20. The lowest BCUT2D eigenvalue weighted by molar-refractivity contribution is 0.365. The first-order valence-electron chi connectivity index (χ1n) is 7.43. The quantitative estimate of drug-likeness (QED) is 0.720. The van der Waals surface area contributed by atoms with Crippen molar-refractivity contribution in [3.05, 3.63) is 35.4 Å². The van der Waals surface area contributed by atoms with Crippen LogP contribution in [0.2, 0.25) is 0 Å². The molecule has 0 aliphatic carbocycles. The summed E-state index contributed by atoms with van der Waals surface area (Å²) in [6, 6.07) is 9.41. The van der Waals surface area contributed by atoms with Crippen LogP contribution in [0.5, 0.6) is 0 Å². The fourth-order valence-electron chi connectivity index (χ4n) is 2.62.